The summed E-state index contributed by atoms with van der Waals surface area (Å²) in [6.07, 6.45) is 0. The van der Waals surface area contributed by atoms with Gasteiger partial charge in [-0.05, 0) is 26.0 Å². The van der Waals surface area contributed by atoms with Crippen LogP contribution in [-0.4, -0.2) is 32.4 Å². The van der Waals surface area contributed by atoms with Gasteiger partial charge in [0.05, 0.1) is 28.8 Å². The number of ether oxygens (including phenoxy) is 3. The Labute approximate surface area is 122 Å². The summed E-state index contributed by atoms with van der Waals surface area (Å²) in [5, 5.41) is 0.541. The number of benzene rings is 1. The molecule has 0 aromatic heterocycles. The van der Waals surface area contributed by atoms with Crippen molar-refractivity contribution < 1.29 is 19.0 Å². The van der Waals surface area contributed by atoms with Crippen molar-refractivity contribution in [3.05, 3.63) is 27.7 Å². The van der Waals surface area contributed by atoms with Crippen LogP contribution in [-0.2, 0) is 9.47 Å². The molecule has 0 atom stereocenters. The molecule has 0 radical (unpaired) electrons. The Morgan fingerprint density at radius 2 is 1.74 bits per heavy atom. The van der Waals surface area contributed by atoms with Crippen molar-refractivity contribution in [2.75, 3.05) is 26.4 Å². The SMILES string of the molecule is CCOCCOc1c(Cl)cc(C(=O)OCC)cc1Cl. The Balaban J connectivity index is 2.76. The molecule has 0 saturated heterocycles. The van der Waals surface area contributed by atoms with Crippen LogP contribution in [0.1, 0.15) is 24.2 Å². The first-order valence-corrected chi connectivity index (χ1v) is 6.72. The minimum atomic E-state index is -0.466. The highest BCUT2D eigenvalue weighted by molar-refractivity contribution is 6.37. The molecule has 0 amide bonds. The summed E-state index contributed by atoms with van der Waals surface area (Å²) in [4.78, 5) is 11.6. The maximum absolute atomic E-state index is 11.6. The van der Waals surface area contributed by atoms with Crippen molar-refractivity contribution in [3.8, 4) is 5.75 Å². The van der Waals surface area contributed by atoms with Crippen molar-refractivity contribution in [1.82, 2.24) is 0 Å². The molecule has 0 spiro atoms. The van der Waals surface area contributed by atoms with E-state index in [-0.39, 0.29) is 10.0 Å². The molecule has 0 unspecified atom stereocenters. The van der Waals surface area contributed by atoms with Gasteiger partial charge in [-0.15, -0.1) is 0 Å². The number of hydrogen-bond acceptors (Lipinski definition) is 4. The van der Waals surface area contributed by atoms with E-state index < -0.39 is 5.97 Å². The zero-order valence-electron chi connectivity index (χ0n) is 10.9. The summed E-state index contributed by atoms with van der Waals surface area (Å²) in [7, 11) is 0. The van der Waals surface area contributed by atoms with Crippen LogP contribution in [0.15, 0.2) is 12.1 Å². The zero-order chi connectivity index (χ0) is 14.3. The highest BCUT2D eigenvalue weighted by Gasteiger charge is 2.14. The van der Waals surface area contributed by atoms with Crippen molar-refractivity contribution in [2.24, 2.45) is 0 Å². The lowest BCUT2D eigenvalue weighted by atomic mass is 10.2. The van der Waals surface area contributed by atoms with E-state index in [2.05, 4.69) is 0 Å². The third kappa shape index (κ3) is 4.90. The standard InChI is InChI=1S/C13H16Cl2O4/c1-3-17-5-6-19-12-10(14)7-9(8-11(12)15)13(16)18-4-2/h7-8H,3-6H2,1-2H3. The van der Waals surface area contributed by atoms with E-state index in [0.29, 0.717) is 37.7 Å². The zero-order valence-corrected chi connectivity index (χ0v) is 12.4. The minimum absolute atomic E-state index is 0.270. The molecule has 0 aliphatic rings. The Kier molecular flexibility index (Phi) is 6.99. The summed E-state index contributed by atoms with van der Waals surface area (Å²) in [6.45, 7) is 5.32. The van der Waals surface area contributed by atoms with Gasteiger partial charge in [0.2, 0.25) is 0 Å². The van der Waals surface area contributed by atoms with Gasteiger partial charge >= 0.3 is 5.97 Å². The number of hydrogen-bond donors (Lipinski definition) is 0. The molecule has 1 aromatic rings. The van der Waals surface area contributed by atoms with Gasteiger partial charge < -0.3 is 14.2 Å². The lowest BCUT2D eigenvalue weighted by molar-refractivity contribution is 0.0526. The van der Waals surface area contributed by atoms with Crippen molar-refractivity contribution in [3.63, 3.8) is 0 Å². The molecule has 6 heteroatoms. The molecule has 0 saturated carbocycles. The molecule has 0 N–H and O–H groups in total. The molecule has 106 valence electrons. The first kappa shape index (κ1) is 16.1. The highest BCUT2D eigenvalue weighted by atomic mass is 35.5. The molecule has 0 aliphatic heterocycles. The minimum Gasteiger partial charge on any atom is -0.488 e. The number of esters is 1. The molecule has 4 nitrogen and oxygen atoms in total. The Morgan fingerprint density at radius 3 is 2.26 bits per heavy atom. The predicted octanol–water partition coefficient (Wildman–Crippen LogP) is 3.59. The quantitative estimate of drug-likeness (QED) is 0.570. The summed E-state index contributed by atoms with van der Waals surface area (Å²) < 4.78 is 15.4. The fourth-order valence-electron chi connectivity index (χ4n) is 1.38. The van der Waals surface area contributed by atoms with Crippen LogP contribution in [0.3, 0.4) is 0 Å². The van der Waals surface area contributed by atoms with E-state index in [1.165, 1.54) is 12.1 Å². The van der Waals surface area contributed by atoms with Crippen molar-refractivity contribution >= 4 is 29.2 Å². The van der Waals surface area contributed by atoms with E-state index in [4.69, 9.17) is 37.4 Å². The lowest BCUT2D eigenvalue weighted by Crippen LogP contribution is -2.08. The second-order valence-corrected chi connectivity index (χ2v) is 4.35. The lowest BCUT2D eigenvalue weighted by Gasteiger charge is -2.11. The van der Waals surface area contributed by atoms with Gasteiger partial charge in [0.15, 0.2) is 5.75 Å². The maximum Gasteiger partial charge on any atom is 0.338 e. The summed E-state index contributed by atoms with van der Waals surface area (Å²) in [5.74, 6) is -0.122. The number of rotatable bonds is 7. The van der Waals surface area contributed by atoms with E-state index in [0.717, 1.165) is 0 Å². The molecule has 1 aromatic carbocycles. The van der Waals surface area contributed by atoms with E-state index >= 15 is 0 Å². The highest BCUT2D eigenvalue weighted by Crippen LogP contribution is 2.34. The number of halogens is 2. The summed E-state index contributed by atoms with van der Waals surface area (Å²) in [5.41, 5.74) is 0.300. The topological polar surface area (TPSA) is 44.8 Å². The predicted molar refractivity (Wildman–Crippen MR) is 74.4 cm³/mol. The number of carbonyl (C=O) groups excluding carboxylic acids is 1. The van der Waals surface area contributed by atoms with Crippen molar-refractivity contribution in [1.29, 1.82) is 0 Å². The van der Waals surface area contributed by atoms with Crippen LogP contribution in [0, 0.1) is 0 Å². The maximum atomic E-state index is 11.6. The fraction of sp³-hybridized carbons (Fsp3) is 0.462. The van der Waals surface area contributed by atoms with Gasteiger partial charge in [-0.2, -0.15) is 0 Å². The Bertz CT molecular complexity index is 412. The van der Waals surface area contributed by atoms with Crippen LogP contribution in [0.2, 0.25) is 10.0 Å². The summed E-state index contributed by atoms with van der Waals surface area (Å²) in [6, 6.07) is 2.95. The average Bonchev–Trinajstić information content (AvgIpc) is 2.37. The Hall–Kier alpha value is -0.970. The van der Waals surface area contributed by atoms with E-state index in [1.807, 2.05) is 6.92 Å². The molecule has 0 fully saturated rings. The fourth-order valence-corrected chi connectivity index (χ4v) is 1.97. The third-order valence-corrected chi connectivity index (χ3v) is 2.75. The molecular formula is C13H16Cl2O4. The summed E-state index contributed by atoms with van der Waals surface area (Å²) >= 11 is 12.1. The first-order chi connectivity index (χ1) is 9.10. The molecule has 0 bridgehead atoms. The van der Waals surface area contributed by atoms with E-state index in [9.17, 15) is 4.79 Å². The monoisotopic (exact) mass is 306 g/mol. The van der Waals surface area contributed by atoms with Crippen LogP contribution in [0.5, 0.6) is 5.75 Å². The first-order valence-electron chi connectivity index (χ1n) is 5.96. The Morgan fingerprint density at radius 1 is 1.11 bits per heavy atom. The van der Waals surface area contributed by atoms with Gasteiger partial charge in [-0.3, -0.25) is 0 Å². The van der Waals surface area contributed by atoms with Crippen LogP contribution in [0.25, 0.3) is 0 Å². The second kappa shape index (κ2) is 8.25. The largest absolute Gasteiger partial charge is 0.488 e. The molecule has 1 rings (SSSR count). The van der Waals surface area contributed by atoms with Gasteiger partial charge in [0.1, 0.15) is 6.61 Å². The molecular weight excluding hydrogens is 291 g/mol. The molecule has 0 aliphatic carbocycles. The molecule has 19 heavy (non-hydrogen) atoms. The van der Waals surface area contributed by atoms with Crippen molar-refractivity contribution in [2.45, 2.75) is 13.8 Å². The van der Waals surface area contributed by atoms with Gasteiger partial charge in [0.25, 0.3) is 0 Å². The van der Waals surface area contributed by atoms with E-state index in [1.54, 1.807) is 6.92 Å². The normalized spacial score (nSPS) is 10.3. The van der Waals surface area contributed by atoms with Crippen LogP contribution >= 0.6 is 23.2 Å². The smallest absolute Gasteiger partial charge is 0.338 e. The number of carbonyl (C=O) groups is 1. The molecule has 0 heterocycles. The van der Waals surface area contributed by atoms with Crippen LogP contribution < -0.4 is 4.74 Å². The second-order valence-electron chi connectivity index (χ2n) is 3.53. The van der Waals surface area contributed by atoms with Gasteiger partial charge in [0, 0.05) is 6.61 Å². The van der Waals surface area contributed by atoms with Crippen LogP contribution in [0.4, 0.5) is 0 Å². The van der Waals surface area contributed by atoms with Gasteiger partial charge in [-0.25, -0.2) is 4.79 Å². The average molecular weight is 307 g/mol. The van der Waals surface area contributed by atoms with Gasteiger partial charge in [-0.1, -0.05) is 23.2 Å². The third-order valence-electron chi connectivity index (χ3n) is 2.19.